The molecular weight excluding hydrogens is 288 g/mol. The van der Waals surface area contributed by atoms with E-state index in [4.69, 9.17) is 4.84 Å². The molecule has 2 amide bonds. The number of hydrogen-bond donors (Lipinski definition) is 1. The molecule has 2 aromatic carbocycles. The predicted octanol–water partition coefficient (Wildman–Crippen LogP) is 3.84. The normalized spacial score (nSPS) is 15.5. The maximum Gasteiger partial charge on any atom is 0.342 e. The van der Waals surface area contributed by atoms with Crippen LogP contribution in [0.15, 0.2) is 60.7 Å². The lowest BCUT2D eigenvalue weighted by Crippen LogP contribution is -2.54. The van der Waals surface area contributed by atoms with Gasteiger partial charge in [0, 0.05) is 0 Å². The van der Waals surface area contributed by atoms with Gasteiger partial charge in [0.15, 0.2) is 0 Å². The van der Waals surface area contributed by atoms with E-state index in [1.165, 1.54) is 12.2 Å². The number of carbonyl (C=O) groups excluding carboxylic acids is 1. The van der Waals surface area contributed by atoms with Gasteiger partial charge in [-0.05, 0) is 30.4 Å². The molecule has 0 spiro atoms. The molecule has 0 heterocycles. The van der Waals surface area contributed by atoms with Crippen LogP contribution in [-0.4, -0.2) is 18.2 Å². The van der Waals surface area contributed by atoms with Gasteiger partial charge in [0.1, 0.15) is 0 Å². The van der Waals surface area contributed by atoms with Crippen molar-refractivity contribution >= 4 is 6.03 Å². The van der Waals surface area contributed by atoms with Gasteiger partial charge >= 0.3 is 6.03 Å². The first-order valence-electron chi connectivity index (χ1n) is 7.97. The summed E-state index contributed by atoms with van der Waals surface area (Å²) < 4.78 is 0. The molecule has 1 aliphatic rings. The minimum absolute atomic E-state index is 0.195. The Balaban J connectivity index is 1.71. The predicted molar refractivity (Wildman–Crippen MR) is 89.5 cm³/mol. The van der Waals surface area contributed by atoms with Crippen LogP contribution >= 0.6 is 0 Å². The number of rotatable bonds is 5. The third-order valence-electron chi connectivity index (χ3n) is 4.50. The largest absolute Gasteiger partial charge is 0.342 e. The Morgan fingerprint density at radius 1 is 1.09 bits per heavy atom. The average molecular weight is 310 g/mol. The quantitative estimate of drug-likeness (QED) is 0.853. The van der Waals surface area contributed by atoms with Crippen LogP contribution < -0.4 is 5.32 Å². The van der Waals surface area contributed by atoms with E-state index in [0.717, 1.165) is 30.4 Å². The zero-order chi connectivity index (χ0) is 16.1. The van der Waals surface area contributed by atoms with E-state index >= 15 is 0 Å². The van der Waals surface area contributed by atoms with E-state index in [-0.39, 0.29) is 11.6 Å². The summed E-state index contributed by atoms with van der Waals surface area (Å²) in [6.45, 7) is 0.425. The first-order valence-corrected chi connectivity index (χ1v) is 7.97. The van der Waals surface area contributed by atoms with Gasteiger partial charge in [-0.2, -0.15) is 5.06 Å². The molecule has 23 heavy (non-hydrogen) atoms. The molecule has 1 fully saturated rings. The summed E-state index contributed by atoms with van der Waals surface area (Å²) >= 11 is 0. The molecule has 4 heteroatoms. The van der Waals surface area contributed by atoms with Gasteiger partial charge in [-0.1, -0.05) is 60.7 Å². The van der Waals surface area contributed by atoms with Gasteiger partial charge < -0.3 is 5.32 Å². The highest BCUT2D eigenvalue weighted by Crippen LogP contribution is 2.41. The Morgan fingerprint density at radius 3 is 2.22 bits per heavy atom. The summed E-state index contributed by atoms with van der Waals surface area (Å²) in [7, 11) is 1.53. The SMILES string of the molecule is CON(Cc1ccccc1)C(=O)NC1(c2ccccc2)CCC1. The second-order valence-electron chi connectivity index (χ2n) is 5.94. The second-order valence-corrected chi connectivity index (χ2v) is 5.94. The molecule has 1 aliphatic carbocycles. The van der Waals surface area contributed by atoms with Crippen molar-refractivity contribution in [3.8, 4) is 0 Å². The van der Waals surface area contributed by atoms with Crippen molar-refractivity contribution < 1.29 is 9.63 Å². The fourth-order valence-electron chi connectivity index (χ4n) is 3.01. The van der Waals surface area contributed by atoms with Gasteiger partial charge in [0.05, 0.1) is 19.2 Å². The van der Waals surface area contributed by atoms with Gasteiger partial charge in [-0.15, -0.1) is 0 Å². The third-order valence-corrected chi connectivity index (χ3v) is 4.50. The number of nitrogens with zero attached hydrogens (tertiary/aromatic N) is 1. The Morgan fingerprint density at radius 2 is 1.70 bits per heavy atom. The molecule has 4 nitrogen and oxygen atoms in total. The van der Waals surface area contributed by atoms with E-state index < -0.39 is 0 Å². The van der Waals surface area contributed by atoms with Gasteiger partial charge in [0.25, 0.3) is 0 Å². The zero-order valence-electron chi connectivity index (χ0n) is 13.4. The summed E-state index contributed by atoms with van der Waals surface area (Å²) in [5, 5.41) is 4.55. The fraction of sp³-hybridized carbons (Fsp3) is 0.316. The number of carbonyl (C=O) groups is 1. The van der Waals surface area contributed by atoms with Crippen LogP contribution in [0.25, 0.3) is 0 Å². The molecule has 120 valence electrons. The number of benzene rings is 2. The van der Waals surface area contributed by atoms with Crippen molar-refractivity contribution in [2.24, 2.45) is 0 Å². The molecule has 1 N–H and O–H groups in total. The lowest BCUT2D eigenvalue weighted by molar-refractivity contribution is -0.0967. The number of nitrogens with one attached hydrogen (secondary N) is 1. The third kappa shape index (κ3) is 3.37. The van der Waals surface area contributed by atoms with E-state index in [1.807, 2.05) is 48.5 Å². The molecule has 2 aromatic rings. The standard InChI is InChI=1S/C19H22N2O2/c1-23-21(15-16-9-4-2-5-10-16)18(22)20-19(13-8-14-19)17-11-6-3-7-12-17/h2-7,9-12H,8,13-15H2,1H3,(H,20,22). The smallest absolute Gasteiger partial charge is 0.327 e. The summed E-state index contributed by atoms with van der Waals surface area (Å²) in [4.78, 5) is 17.9. The maximum atomic E-state index is 12.7. The van der Waals surface area contributed by atoms with Crippen LogP contribution in [0.4, 0.5) is 4.79 Å². The maximum absolute atomic E-state index is 12.7. The Labute approximate surface area is 137 Å². The number of amides is 2. The van der Waals surface area contributed by atoms with E-state index in [2.05, 4.69) is 17.4 Å². The molecule has 0 saturated heterocycles. The molecule has 0 atom stereocenters. The van der Waals surface area contributed by atoms with Gasteiger partial charge in [0.2, 0.25) is 0 Å². The molecule has 3 rings (SSSR count). The van der Waals surface area contributed by atoms with Crippen molar-refractivity contribution in [3.63, 3.8) is 0 Å². The van der Waals surface area contributed by atoms with Crippen LogP contribution in [0.5, 0.6) is 0 Å². The van der Waals surface area contributed by atoms with E-state index in [9.17, 15) is 4.79 Å². The molecule has 0 aromatic heterocycles. The summed E-state index contributed by atoms with van der Waals surface area (Å²) in [5.74, 6) is 0. The van der Waals surface area contributed by atoms with E-state index in [1.54, 1.807) is 0 Å². The number of urea groups is 1. The first kappa shape index (κ1) is 15.6. The van der Waals surface area contributed by atoms with Crippen LogP contribution in [-0.2, 0) is 16.9 Å². The van der Waals surface area contributed by atoms with Crippen LogP contribution in [0.3, 0.4) is 0 Å². The molecule has 0 aliphatic heterocycles. The fourth-order valence-corrected chi connectivity index (χ4v) is 3.01. The lowest BCUT2D eigenvalue weighted by Gasteiger charge is -2.43. The Kier molecular flexibility index (Phi) is 4.63. The van der Waals surface area contributed by atoms with Crippen LogP contribution in [0, 0.1) is 0 Å². The van der Waals surface area contributed by atoms with Crippen LogP contribution in [0.2, 0.25) is 0 Å². The minimum atomic E-state index is -0.258. The van der Waals surface area contributed by atoms with Crippen molar-refractivity contribution in [1.82, 2.24) is 10.4 Å². The van der Waals surface area contributed by atoms with Gasteiger partial charge in [-0.3, -0.25) is 4.84 Å². The summed E-state index contributed by atoms with van der Waals surface area (Å²) in [6.07, 6.45) is 3.05. The average Bonchev–Trinajstić information content (AvgIpc) is 2.57. The molecule has 1 saturated carbocycles. The van der Waals surface area contributed by atoms with Crippen molar-refractivity contribution in [1.29, 1.82) is 0 Å². The summed E-state index contributed by atoms with van der Waals surface area (Å²) in [6, 6.07) is 19.8. The summed E-state index contributed by atoms with van der Waals surface area (Å²) in [5.41, 5.74) is 1.94. The van der Waals surface area contributed by atoms with Crippen molar-refractivity contribution in [2.45, 2.75) is 31.3 Å². The lowest BCUT2D eigenvalue weighted by atomic mass is 9.72. The molecule has 0 unspecified atom stereocenters. The highest BCUT2D eigenvalue weighted by atomic mass is 16.7. The molecule has 0 bridgehead atoms. The van der Waals surface area contributed by atoms with Crippen LogP contribution in [0.1, 0.15) is 30.4 Å². The first-order chi connectivity index (χ1) is 11.2. The Hall–Kier alpha value is -2.33. The zero-order valence-corrected chi connectivity index (χ0v) is 13.4. The topological polar surface area (TPSA) is 41.6 Å². The van der Waals surface area contributed by atoms with Crippen molar-refractivity contribution in [3.05, 3.63) is 71.8 Å². The van der Waals surface area contributed by atoms with Gasteiger partial charge in [-0.25, -0.2) is 4.79 Å². The number of hydrogen-bond acceptors (Lipinski definition) is 2. The highest BCUT2D eigenvalue weighted by Gasteiger charge is 2.40. The molecule has 0 radical (unpaired) electrons. The van der Waals surface area contributed by atoms with Crippen molar-refractivity contribution in [2.75, 3.05) is 7.11 Å². The van der Waals surface area contributed by atoms with E-state index in [0.29, 0.717) is 6.54 Å². The highest BCUT2D eigenvalue weighted by molar-refractivity contribution is 5.74. The number of hydroxylamine groups is 2. The monoisotopic (exact) mass is 310 g/mol. The molecular formula is C19H22N2O2. The minimum Gasteiger partial charge on any atom is -0.327 e. The Bertz CT molecular complexity index is 639. The second kappa shape index (κ2) is 6.84.